The maximum Gasteiger partial charge on any atom is 0.123 e. The minimum Gasteiger partial charge on any atom is -0.399 e. The Morgan fingerprint density at radius 1 is 1.11 bits per heavy atom. The summed E-state index contributed by atoms with van der Waals surface area (Å²) >= 11 is 0. The van der Waals surface area contributed by atoms with Gasteiger partial charge in [0.1, 0.15) is 5.82 Å². The van der Waals surface area contributed by atoms with E-state index in [-0.39, 0.29) is 5.82 Å². The molecule has 1 aromatic heterocycles. The molecule has 0 aliphatic heterocycles. The molecule has 3 nitrogen and oxygen atoms in total. The lowest BCUT2D eigenvalue weighted by Crippen LogP contribution is -2.14. The summed E-state index contributed by atoms with van der Waals surface area (Å²) < 4.78 is 13.4. The molecule has 0 fully saturated rings. The van der Waals surface area contributed by atoms with Crippen LogP contribution in [0.4, 0.5) is 4.39 Å². The van der Waals surface area contributed by atoms with Crippen molar-refractivity contribution >= 4 is 11.1 Å². The van der Waals surface area contributed by atoms with Crippen molar-refractivity contribution in [2.45, 2.75) is 27.2 Å². The van der Waals surface area contributed by atoms with E-state index in [1.807, 2.05) is 51.1 Å². The number of halogens is 1. The maximum atomic E-state index is 13.4. The maximum absolute atomic E-state index is 13.4. The van der Waals surface area contributed by atoms with E-state index in [1.165, 1.54) is 12.1 Å². The monoisotopic (exact) mass is 467 g/mol. The Morgan fingerprint density at radius 3 is 2.31 bits per heavy atom. The number of hydrogen-bond acceptors (Lipinski definition) is 3. The van der Waals surface area contributed by atoms with Crippen LogP contribution in [0, 0.1) is 18.7 Å². The Hall–Kier alpha value is -4.36. The highest BCUT2D eigenvalue weighted by molar-refractivity contribution is 5.80. The number of nitrogens with two attached hydrogens (primary N) is 1. The van der Waals surface area contributed by atoms with Gasteiger partial charge in [-0.05, 0) is 78.5 Å². The molecular formula is C31H34FN3. The van der Waals surface area contributed by atoms with Gasteiger partial charge in [-0.25, -0.2) is 4.39 Å². The molecular weight excluding hydrogens is 433 g/mol. The van der Waals surface area contributed by atoms with Crippen LogP contribution < -0.4 is 11.1 Å². The van der Waals surface area contributed by atoms with Gasteiger partial charge in [0.2, 0.25) is 0 Å². The van der Waals surface area contributed by atoms with Gasteiger partial charge in [0.05, 0.1) is 0 Å². The Balaban J connectivity index is 0.00000298. The standard InChI is InChI=1S/C29H32FN3.C2H2/c1-7-10-28(24-12-14-27(30)15-13-24)22(5)23(6)33-21(4)18-26(29(31)8-2)17-20(3)25-11-9-16-32-19-25;1-2/h7-17,19,33H,1,3-4,18,31H2,2,5-6H3;1-2H/b23-22+,26-17-,28-10+,29-8+;. The fourth-order valence-corrected chi connectivity index (χ4v) is 3.29. The van der Waals surface area contributed by atoms with Gasteiger partial charge >= 0.3 is 0 Å². The number of aromatic nitrogens is 1. The smallest absolute Gasteiger partial charge is 0.123 e. The highest BCUT2D eigenvalue weighted by Crippen LogP contribution is 2.26. The number of benzene rings is 1. The average Bonchev–Trinajstić information content (AvgIpc) is 2.88. The average molecular weight is 468 g/mol. The first kappa shape index (κ1) is 28.7. The predicted molar refractivity (Wildman–Crippen MR) is 149 cm³/mol. The molecule has 4 heteroatoms. The second kappa shape index (κ2) is 14.7. The summed E-state index contributed by atoms with van der Waals surface area (Å²) in [5.74, 6) is -0.268. The molecule has 1 aromatic carbocycles. The lowest BCUT2D eigenvalue weighted by molar-refractivity contribution is 0.627. The summed E-state index contributed by atoms with van der Waals surface area (Å²) in [6, 6.07) is 10.3. The van der Waals surface area contributed by atoms with E-state index >= 15 is 0 Å². The zero-order chi connectivity index (χ0) is 26.4. The fourth-order valence-electron chi connectivity index (χ4n) is 3.29. The van der Waals surface area contributed by atoms with Gasteiger partial charge in [0.25, 0.3) is 0 Å². The summed E-state index contributed by atoms with van der Waals surface area (Å²) in [5.41, 5.74) is 14.2. The van der Waals surface area contributed by atoms with Crippen LogP contribution in [0.3, 0.4) is 0 Å². The number of hydrogen-bond donors (Lipinski definition) is 2. The number of rotatable bonds is 10. The quantitative estimate of drug-likeness (QED) is 0.284. The van der Waals surface area contributed by atoms with Crippen LogP contribution in [0.15, 0.2) is 121 Å². The first-order valence-electron chi connectivity index (χ1n) is 11.0. The van der Waals surface area contributed by atoms with Gasteiger partial charge in [-0.15, -0.1) is 12.8 Å². The van der Waals surface area contributed by atoms with Crippen LogP contribution in [0.25, 0.3) is 11.1 Å². The van der Waals surface area contributed by atoms with E-state index in [4.69, 9.17) is 5.73 Å². The molecule has 0 amide bonds. The molecule has 0 aliphatic carbocycles. The third-order valence-electron chi connectivity index (χ3n) is 5.24. The van der Waals surface area contributed by atoms with Crippen LogP contribution in [0.1, 0.15) is 38.3 Å². The first-order valence-corrected chi connectivity index (χ1v) is 11.0. The van der Waals surface area contributed by atoms with Crippen molar-refractivity contribution in [1.82, 2.24) is 10.3 Å². The summed E-state index contributed by atoms with van der Waals surface area (Å²) in [6.07, 6.45) is 19.5. The van der Waals surface area contributed by atoms with Crippen LogP contribution in [0.5, 0.6) is 0 Å². The molecule has 0 atom stereocenters. The number of nitrogens with zero attached hydrogens (tertiary/aromatic N) is 1. The number of nitrogens with one attached hydrogen (secondary N) is 1. The normalized spacial score (nSPS) is 12.6. The summed E-state index contributed by atoms with van der Waals surface area (Å²) in [7, 11) is 0. The Kier molecular flexibility index (Phi) is 12.1. The highest BCUT2D eigenvalue weighted by Gasteiger charge is 2.10. The van der Waals surface area contributed by atoms with Crippen molar-refractivity contribution in [2.24, 2.45) is 5.73 Å². The third-order valence-corrected chi connectivity index (χ3v) is 5.24. The van der Waals surface area contributed by atoms with Crippen LogP contribution >= 0.6 is 0 Å². The second-order valence-corrected chi connectivity index (χ2v) is 7.66. The molecule has 0 saturated carbocycles. The Bertz CT molecular complexity index is 1170. The largest absolute Gasteiger partial charge is 0.399 e. The molecule has 0 aliphatic rings. The van der Waals surface area contributed by atoms with E-state index < -0.39 is 0 Å². The lowest BCUT2D eigenvalue weighted by Gasteiger charge is -2.17. The molecule has 0 unspecified atom stereocenters. The van der Waals surface area contributed by atoms with Crippen molar-refractivity contribution in [2.75, 3.05) is 0 Å². The van der Waals surface area contributed by atoms with Crippen LogP contribution in [-0.2, 0) is 0 Å². The van der Waals surface area contributed by atoms with Gasteiger partial charge in [0.15, 0.2) is 0 Å². The minimum atomic E-state index is -0.268. The highest BCUT2D eigenvalue weighted by atomic mass is 19.1. The number of pyridine rings is 1. The molecule has 0 radical (unpaired) electrons. The Morgan fingerprint density at radius 2 is 1.77 bits per heavy atom. The summed E-state index contributed by atoms with van der Waals surface area (Å²) in [4.78, 5) is 4.15. The first-order chi connectivity index (χ1) is 16.8. The van der Waals surface area contributed by atoms with E-state index in [2.05, 4.69) is 42.9 Å². The molecule has 2 aromatic rings. The number of allylic oxidation sites excluding steroid dienone is 10. The van der Waals surface area contributed by atoms with Crippen LogP contribution in [-0.4, -0.2) is 4.98 Å². The zero-order valence-corrected chi connectivity index (χ0v) is 20.8. The molecule has 0 spiro atoms. The molecule has 2 rings (SSSR count). The molecule has 0 bridgehead atoms. The lowest BCUT2D eigenvalue weighted by atomic mass is 9.96. The molecule has 35 heavy (non-hydrogen) atoms. The van der Waals surface area contributed by atoms with Gasteiger partial charge in [-0.2, -0.15) is 0 Å². The van der Waals surface area contributed by atoms with Crippen molar-refractivity contribution in [3.63, 3.8) is 0 Å². The van der Waals surface area contributed by atoms with Gasteiger partial charge in [-0.3, -0.25) is 4.98 Å². The van der Waals surface area contributed by atoms with Gasteiger partial charge in [0, 0.05) is 35.9 Å². The predicted octanol–water partition coefficient (Wildman–Crippen LogP) is 7.33. The van der Waals surface area contributed by atoms with E-state index in [0.717, 1.165) is 44.8 Å². The van der Waals surface area contributed by atoms with Crippen LogP contribution in [0.2, 0.25) is 0 Å². The fraction of sp³-hybridized carbons (Fsp3) is 0.129. The van der Waals surface area contributed by atoms with Crippen molar-refractivity contribution in [1.29, 1.82) is 0 Å². The topological polar surface area (TPSA) is 50.9 Å². The SMILES string of the molecule is C#C.C=C/C=C(\C(C)=C(/C)NC(=C)CC(=C/C(=C)c1cccnc1)/C(N)=C\C)c1ccc(F)cc1. The van der Waals surface area contributed by atoms with Crippen molar-refractivity contribution in [3.05, 3.63) is 138 Å². The van der Waals surface area contributed by atoms with Gasteiger partial charge in [-0.1, -0.05) is 56.2 Å². The molecule has 180 valence electrons. The summed E-state index contributed by atoms with van der Waals surface area (Å²) in [6.45, 7) is 18.1. The van der Waals surface area contributed by atoms with E-state index in [1.54, 1.807) is 30.6 Å². The zero-order valence-electron chi connectivity index (χ0n) is 20.8. The summed E-state index contributed by atoms with van der Waals surface area (Å²) in [5, 5.41) is 3.39. The van der Waals surface area contributed by atoms with Crippen molar-refractivity contribution < 1.29 is 4.39 Å². The van der Waals surface area contributed by atoms with Gasteiger partial charge < -0.3 is 11.1 Å². The van der Waals surface area contributed by atoms with E-state index in [0.29, 0.717) is 12.1 Å². The molecule has 3 N–H and O–H groups in total. The molecule has 0 saturated heterocycles. The van der Waals surface area contributed by atoms with Crippen molar-refractivity contribution in [3.8, 4) is 12.8 Å². The molecule has 1 heterocycles. The Labute approximate surface area is 209 Å². The number of terminal acetylenes is 1. The minimum absolute atomic E-state index is 0.268. The van der Waals surface area contributed by atoms with E-state index in [9.17, 15) is 4.39 Å². The second-order valence-electron chi connectivity index (χ2n) is 7.66. The third kappa shape index (κ3) is 8.83.